The molecular formula is C12H19N3O. The fourth-order valence-electron chi connectivity index (χ4n) is 1.18. The molecule has 16 heavy (non-hydrogen) atoms. The fourth-order valence-corrected chi connectivity index (χ4v) is 1.18. The van der Waals surface area contributed by atoms with Crippen molar-refractivity contribution in [3.63, 3.8) is 0 Å². The molecule has 0 aliphatic heterocycles. The second-order valence-electron chi connectivity index (χ2n) is 5.20. The number of amides is 1. The Labute approximate surface area is 96.5 Å². The van der Waals surface area contributed by atoms with Crippen molar-refractivity contribution in [2.24, 2.45) is 0 Å². The second kappa shape index (κ2) is 4.60. The third kappa shape index (κ3) is 3.61. The summed E-state index contributed by atoms with van der Waals surface area (Å²) in [5, 5.41) is 10.8. The van der Waals surface area contributed by atoms with Gasteiger partial charge in [0.2, 0.25) is 0 Å². The smallest absolute Gasteiger partial charge is 0.272 e. The number of hydrogen-bond acceptors (Lipinski definition) is 3. The lowest BCUT2D eigenvalue weighted by molar-refractivity contribution is 0.0913. The van der Waals surface area contributed by atoms with E-state index in [1.54, 1.807) is 6.07 Å². The highest BCUT2D eigenvalue weighted by atomic mass is 16.2. The third-order valence-corrected chi connectivity index (χ3v) is 2.00. The molecule has 0 aliphatic rings. The first kappa shape index (κ1) is 12.6. The van der Waals surface area contributed by atoms with Crippen molar-refractivity contribution in [2.45, 2.75) is 46.1 Å². The van der Waals surface area contributed by atoms with Crippen LogP contribution < -0.4 is 5.32 Å². The van der Waals surface area contributed by atoms with Crippen LogP contribution in [0.1, 0.15) is 56.7 Å². The van der Waals surface area contributed by atoms with Crippen LogP contribution in [-0.4, -0.2) is 21.6 Å². The molecule has 1 aromatic rings. The maximum atomic E-state index is 11.7. The maximum Gasteiger partial charge on any atom is 0.272 e. The highest BCUT2D eigenvalue weighted by Crippen LogP contribution is 2.10. The first-order valence-electron chi connectivity index (χ1n) is 5.46. The van der Waals surface area contributed by atoms with Gasteiger partial charge in [-0.3, -0.25) is 4.79 Å². The van der Waals surface area contributed by atoms with Gasteiger partial charge < -0.3 is 5.32 Å². The molecule has 88 valence electrons. The number of hydrogen-bond donors (Lipinski definition) is 1. The number of nitrogens with zero attached hydrogens (tertiary/aromatic N) is 2. The van der Waals surface area contributed by atoms with E-state index in [4.69, 9.17) is 0 Å². The van der Waals surface area contributed by atoms with Crippen LogP contribution in [0.5, 0.6) is 0 Å². The zero-order chi connectivity index (χ0) is 12.3. The molecule has 1 rings (SSSR count). The molecule has 0 unspecified atom stereocenters. The normalized spacial score (nSPS) is 11.6. The van der Waals surface area contributed by atoms with E-state index < -0.39 is 0 Å². The van der Waals surface area contributed by atoms with Gasteiger partial charge >= 0.3 is 0 Å². The molecule has 1 N–H and O–H groups in total. The average molecular weight is 221 g/mol. The summed E-state index contributed by atoms with van der Waals surface area (Å²) < 4.78 is 0. The molecule has 1 heterocycles. The van der Waals surface area contributed by atoms with Crippen LogP contribution in [-0.2, 0) is 0 Å². The zero-order valence-corrected chi connectivity index (χ0v) is 10.5. The SMILES string of the molecule is CC(C)c1ccc(C(=O)NC(C)(C)C)nn1. The Bertz CT molecular complexity index is 363. The minimum absolute atomic E-state index is 0.185. The van der Waals surface area contributed by atoms with E-state index in [9.17, 15) is 4.79 Å². The van der Waals surface area contributed by atoms with E-state index >= 15 is 0 Å². The Morgan fingerprint density at radius 1 is 1.25 bits per heavy atom. The van der Waals surface area contributed by atoms with Gasteiger partial charge in [-0.1, -0.05) is 13.8 Å². The molecule has 0 radical (unpaired) electrons. The highest BCUT2D eigenvalue weighted by molar-refractivity contribution is 5.92. The van der Waals surface area contributed by atoms with Gasteiger partial charge in [0.1, 0.15) is 0 Å². The number of carbonyl (C=O) groups excluding carboxylic acids is 1. The predicted molar refractivity (Wildman–Crippen MR) is 63.3 cm³/mol. The van der Waals surface area contributed by atoms with Gasteiger partial charge in [-0.05, 0) is 38.8 Å². The molecule has 4 heteroatoms. The fraction of sp³-hybridized carbons (Fsp3) is 0.583. The Kier molecular flexibility index (Phi) is 3.62. The van der Waals surface area contributed by atoms with E-state index in [-0.39, 0.29) is 11.4 Å². The van der Waals surface area contributed by atoms with Crippen LogP contribution >= 0.6 is 0 Å². The Morgan fingerprint density at radius 2 is 1.88 bits per heavy atom. The molecule has 0 saturated carbocycles. The second-order valence-corrected chi connectivity index (χ2v) is 5.20. The molecule has 0 atom stereocenters. The third-order valence-electron chi connectivity index (χ3n) is 2.00. The minimum atomic E-state index is -0.254. The lowest BCUT2D eigenvalue weighted by Gasteiger charge is -2.19. The lowest BCUT2D eigenvalue weighted by atomic mass is 10.1. The Hall–Kier alpha value is -1.45. The molecule has 0 bridgehead atoms. The van der Waals surface area contributed by atoms with Crippen molar-refractivity contribution < 1.29 is 4.79 Å². The summed E-state index contributed by atoms with van der Waals surface area (Å²) in [4.78, 5) is 11.7. The monoisotopic (exact) mass is 221 g/mol. The summed E-state index contributed by atoms with van der Waals surface area (Å²) in [6.07, 6.45) is 0. The summed E-state index contributed by atoms with van der Waals surface area (Å²) in [7, 11) is 0. The molecule has 0 aliphatic carbocycles. The first-order chi connectivity index (χ1) is 7.29. The Balaban J connectivity index is 2.78. The van der Waals surface area contributed by atoms with E-state index in [1.807, 2.05) is 40.7 Å². The van der Waals surface area contributed by atoms with Crippen LogP contribution in [0.25, 0.3) is 0 Å². The van der Waals surface area contributed by atoms with Crippen LogP contribution in [0.4, 0.5) is 0 Å². The first-order valence-corrected chi connectivity index (χ1v) is 5.46. The van der Waals surface area contributed by atoms with Gasteiger partial charge in [0.15, 0.2) is 5.69 Å². The molecule has 0 spiro atoms. The van der Waals surface area contributed by atoms with Gasteiger partial charge in [0.25, 0.3) is 5.91 Å². The van der Waals surface area contributed by atoms with Crippen LogP contribution in [0, 0.1) is 0 Å². The molecular weight excluding hydrogens is 202 g/mol. The van der Waals surface area contributed by atoms with Gasteiger partial charge in [0.05, 0.1) is 5.69 Å². The summed E-state index contributed by atoms with van der Waals surface area (Å²) in [5.41, 5.74) is 1.00. The summed E-state index contributed by atoms with van der Waals surface area (Å²) in [6, 6.07) is 3.55. The molecule has 1 aromatic heterocycles. The highest BCUT2D eigenvalue weighted by Gasteiger charge is 2.16. The summed E-state index contributed by atoms with van der Waals surface area (Å²) >= 11 is 0. The van der Waals surface area contributed by atoms with Crippen LogP contribution in [0.3, 0.4) is 0 Å². The van der Waals surface area contributed by atoms with Crippen molar-refractivity contribution in [2.75, 3.05) is 0 Å². The largest absolute Gasteiger partial charge is 0.346 e. The maximum absolute atomic E-state index is 11.7. The van der Waals surface area contributed by atoms with Crippen molar-refractivity contribution in [3.05, 3.63) is 23.5 Å². The minimum Gasteiger partial charge on any atom is -0.346 e. The van der Waals surface area contributed by atoms with Crippen molar-refractivity contribution in [3.8, 4) is 0 Å². The topological polar surface area (TPSA) is 54.9 Å². The zero-order valence-electron chi connectivity index (χ0n) is 10.5. The molecule has 0 aromatic carbocycles. The molecule has 1 amide bonds. The van der Waals surface area contributed by atoms with E-state index in [2.05, 4.69) is 15.5 Å². The lowest BCUT2D eigenvalue weighted by Crippen LogP contribution is -2.41. The standard InChI is InChI=1S/C12H19N3O/c1-8(2)9-6-7-10(15-14-9)11(16)13-12(3,4)5/h6-8H,1-5H3,(H,13,16). The number of aromatic nitrogens is 2. The van der Waals surface area contributed by atoms with Gasteiger partial charge in [-0.15, -0.1) is 5.10 Å². The number of carbonyl (C=O) groups is 1. The Morgan fingerprint density at radius 3 is 2.25 bits per heavy atom. The average Bonchev–Trinajstić information content (AvgIpc) is 2.15. The summed E-state index contributed by atoms with van der Waals surface area (Å²) in [6.45, 7) is 9.88. The van der Waals surface area contributed by atoms with Gasteiger partial charge in [-0.25, -0.2) is 0 Å². The number of nitrogens with one attached hydrogen (secondary N) is 1. The van der Waals surface area contributed by atoms with Crippen molar-refractivity contribution >= 4 is 5.91 Å². The molecule has 4 nitrogen and oxygen atoms in total. The molecule has 0 fully saturated rings. The van der Waals surface area contributed by atoms with E-state index in [0.717, 1.165) is 5.69 Å². The van der Waals surface area contributed by atoms with Gasteiger partial charge in [0, 0.05) is 5.54 Å². The predicted octanol–water partition coefficient (Wildman–Crippen LogP) is 2.13. The number of rotatable bonds is 2. The van der Waals surface area contributed by atoms with Crippen molar-refractivity contribution in [1.82, 2.24) is 15.5 Å². The molecule has 0 saturated heterocycles. The van der Waals surface area contributed by atoms with Crippen LogP contribution in [0.15, 0.2) is 12.1 Å². The quantitative estimate of drug-likeness (QED) is 0.832. The van der Waals surface area contributed by atoms with Crippen LogP contribution in [0.2, 0.25) is 0 Å². The summed E-state index contributed by atoms with van der Waals surface area (Å²) in [5.74, 6) is 0.141. The van der Waals surface area contributed by atoms with Gasteiger partial charge in [-0.2, -0.15) is 5.10 Å². The van der Waals surface area contributed by atoms with E-state index in [0.29, 0.717) is 11.6 Å². The van der Waals surface area contributed by atoms with Crippen molar-refractivity contribution in [1.29, 1.82) is 0 Å². The van der Waals surface area contributed by atoms with E-state index in [1.165, 1.54) is 0 Å².